The smallest absolute Gasteiger partial charge is 0.137 e. The van der Waals surface area contributed by atoms with E-state index in [9.17, 15) is 4.39 Å². The van der Waals surface area contributed by atoms with Gasteiger partial charge in [-0.2, -0.15) is 0 Å². The van der Waals surface area contributed by atoms with E-state index in [4.69, 9.17) is 4.74 Å². The van der Waals surface area contributed by atoms with Crippen molar-refractivity contribution in [2.45, 2.75) is 39.0 Å². The highest BCUT2D eigenvalue weighted by Gasteiger charge is 2.05. The van der Waals surface area contributed by atoms with Crippen LogP contribution < -0.4 is 10.1 Å². The van der Waals surface area contributed by atoms with E-state index >= 15 is 0 Å². The van der Waals surface area contributed by atoms with Crippen LogP contribution in [0.4, 0.5) is 10.2 Å². The number of fused-ring (bicyclic) bond motifs is 1. The maximum Gasteiger partial charge on any atom is 0.137 e. The van der Waals surface area contributed by atoms with E-state index in [0.717, 1.165) is 30.7 Å². The highest BCUT2D eigenvalue weighted by molar-refractivity contribution is 5.88. The third kappa shape index (κ3) is 5.64. The van der Waals surface area contributed by atoms with Gasteiger partial charge in [0.05, 0.1) is 12.1 Å². The van der Waals surface area contributed by atoms with Crippen LogP contribution in [0, 0.1) is 5.82 Å². The summed E-state index contributed by atoms with van der Waals surface area (Å²) in [5.74, 6) is 1.29. The fourth-order valence-corrected chi connectivity index (χ4v) is 2.97. The van der Waals surface area contributed by atoms with Gasteiger partial charge in [0.15, 0.2) is 0 Å². The van der Waals surface area contributed by atoms with Crippen molar-refractivity contribution in [3.05, 3.63) is 60.2 Å². The van der Waals surface area contributed by atoms with Crippen molar-refractivity contribution >= 4 is 16.7 Å². The largest absolute Gasteiger partial charge is 0.494 e. The monoisotopic (exact) mass is 367 g/mol. The summed E-state index contributed by atoms with van der Waals surface area (Å²) in [6.45, 7) is 3.69. The molecule has 1 heterocycles. The first-order valence-electron chi connectivity index (χ1n) is 9.62. The molecule has 0 saturated carbocycles. The van der Waals surface area contributed by atoms with E-state index in [0.29, 0.717) is 17.7 Å². The zero-order valence-electron chi connectivity index (χ0n) is 15.7. The predicted molar refractivity (Wildman–Crippen MR) is 108 cm³/mol. The molecule has 4 nitrogen and oxygen atoms in total. The van der Waals surface area contributed by atoms with Crippen molar-refractivity contribution in [1.29, 1.82) is 0 Å². The van der Waals surface area contributed by atoms with Crippen LogP contribution in [0.1, 0.15) is 38.2 Å². The van der Waals surface area contributed by atoms with Crippen molar-refractivity contribution in [3.8, 4) is 5.75 Å². The Balaban J connectivity index is 1.49. The summed E-state index contributed by atoms with van der Waals surface area (Å²) in [5.41, 5.74) is 1.94. The van der Waals surface area contributed by atoms with Crippen molar-refractivity contribution in [1.82, 2.24) is 9.97 Å². The van der Waals surface area contributed by atoms with Crippen LogP contribution in [0.25, 0.3) is 10.9 Å². The van der Waals surface area contributed by atoms with Gasteiger partial charge in [0.25, 0.3) is 0 Å². The molecule has 0 spiro atoms. The van der Waals surface area contributed by atoms with E-state index in [1.165, 1.54) is 43.3 Å². The van der Waals surface area contributed by atoms with Crippen molar-refractivity contribution in [3.63, 3.8) is 0 Å². The zero-order valence-corrected chi connectivity index (χ0v) is 15.7. The van der Waals surface area contributed by atoms with E-state index in [1.807, 2.05) is 12.1 Å². The van der Waals surface area contributed by atoms with Gasteiger partial charge in [-0.15, -0.1) is 0 Å². The first kappa shape index (κ1) is 19.1. The van der Waals surface area contributed by atoms with Crippen LogP contribution in [-0.2, 0) is 6.42 Å². The average molecular weight is 367 g/mol. The first-order chi connectivity index (χ1) is 13.3. The molecule has 0 aliphatic heterocycles. The topological polar surface area (TPSA) is 47.0 Å². The normalized spacial score (nSPS) is 10.9. The van der Waals surface area contributed by atoms with Gasteiger partial charge >= 0.3 is 0 Å². The lowest BCUT2D eigenvalue weighted by Gasteiger charge is -2.09. The van der Waals surface area contributed by atoms with Crippen molar-refractivity contribution < 1.29 is 9.13 Å². The summed E-state index contributed by atoms with van der Waals surface area (Å²) in [4.78, 5) is 8.41. The second-order valence-corrected chi connectivity index (χ2v) is 6.61. The molecule has 0 aliphatic rings. The first-order valence-corrected chi connectivity index (χ1v) is 9.62. The Hall–Kier alpha value is -2.69. The van der Waals surface area contributed by atoms with Gasteiger partial charge in [-0.05, 0) is 48.7 Å². The van der Waals surface area contributed by atoms with Crippen LogP contribution in [0.2, 0.25) is 0 Å². The standard InChI is InChI=1S/C22H26FN3O/c1-2-3-4-5-14-27-19-9-6-17(7-10-19)12-13-24-22-20-15-18(23)8-11-21(20)25-16-26-22/h6-11,15-16H,2-5,12-14H2,1H3,(H,24,25,26). The number of hydrogen-bond acceptors (Lipinski definition) is 4. The minimum absolute atomic E-state index is 0.286. The number of hydrogen-bond donors (Lipinski definition) is 1. The molecule has 0 bridgehead atoms. The Labute approximate surface area is 159 Å². The average Bonchev–Trinajstić information content (AvgIpc) is 2.69. The van der Waals surface area contributed by atoms with E-state index in [1.54, 1.807) is 6.07 Å². The summed E-state index contributed by atoms with van der Waals surface area (Å²) >= 11 is 0. The number of aromatic nitrogens is 2. The number of anilines is 1. The molecule has 3 aromatic rings. The highest BCUT2D eigenvalue weighted by atomic mass is 19.1. The molecular formula is C22H26FN3O. The molecular weight excluding hydrogens is 341 g/mol. The minimum atomic E-state index is -0.286. The second kappa shape index (κ2) is 9.86. The molecule has 1 N–H and O–H groups in total. The number of rotatable bonds is 10. The van der Waals surface area contributed by atoms with Crippen molar-refractivity contribution in [2.75, 3.05) is 18.5 Å². The van der Waals surface area contributed by atoms with Gasteiger partial charge in [0, 0.05) is 11.9 Å². The molecule has 2 aromatic carbocycles. The Morgan fingerprint density at radius 2 is 1.85 bits per heavy atom. The number of halogens is 1. The van der Waals surface area contributed by atoms with Crippen molar-refractivity contribution in [2.24, 2.45) is 0 Å². The molecule has 0 fully saturated rings. The molecule has 1 aromatic heterocycles. The van der Waals surface area contributed by atoms with Crippen LogP contribution in [0.5, 0.6) is 5.75 Å². The van der Waals surface area contributed by atoms with Gasteiger partial charge < -0.3 is 10.1 Å². The Morgan fingerprint density at radius 1 is 1.00 bits per heavy atom. The minimum Gasteiger partial charge on any atom is -0.494 e. The fourth-order valence-electron chi connectivity index (χ4n) is 2.97. The van der Waals surface area contributed by atoms with Gasteiger partial charge in [0.2, 0.25) is 0 Å². The van der Waals surface area contributed by atoms with Gasteiger partial charge in [0.1, 0.15) is 23.7 Å². The predicted octanol–water partition coefficient (Wildman–Crippen LogP) is 5.38. The van der Waals surface area contributed by atoms with E-state index in [2.05, 4.69) is 34.3 Å². The third-order valence-electron chi connectivity index (χ3n) is 4.49. The molecule has 0 radical (unpaired) electrons. The Bertz CT molecular complexity index is 852. The second-order valence-electron chi connectivity index (χ2n) is 6.61. The molecule has 142 valence electrons. The third-order valence-corrected chi connectivity index (χ3v) is 4.49. The van der Waals surface area contributed by atoms with Crippen LogP contribution in [0.15, 0.2) is 48.8 Å². The maximum absolute atomic E-state index is 13.5. The van der Waals surface area contributed by atoms with Crippen LogP contribution >= 0.6 is 0 Å². The molecule has 5 heteroatoms. The fraction of sp³-hybridized carbons (Fsp3) is 0.364. The lowest BCUT2D eigenvalue weighted by molar-refractivity contribution is 0.305. The number of nitrogens with zero attached hydrogens (tertiary/aromatic N) is 2. The molecule has 27 heavy (non-hydrogen) atoms. The lowest BCUT2D eigenvalue weighted by atomic mass is 10.1. The lowest BCUT2D eigenvalue weighted by Crippen LogP contribution is -2.07. The number of nitrogens with one attached hydrogen (secondary N) is 1. The molecule has 0 amide bonds. The SMILES string of the molecule is CCCCCCOc1ccc(CCNc2ncnc3ccc(F)cc23)cc1. The van der Waals surface area contributed by atoms with E-state index in [-0.39, 0.29) is 5.82 Å². The van der Waals surface area contributed by atoms with Gasteiger partial charge in [-0.25, -0.2) is 14.4 Å². The summed E-state index contributed by atoms with van der Waals surface area (Å²) < 4.78 is 19.3. The van der Waals surface area contributed by atoms with E-state index < -0.39 is 0 Å². The van der Waals surface area contributed by atoms with Crippen LogP contribution in [0.3, 0.4) is 0 Å². The van der Waals surface area contributed by atoms with Crippen LogP contribution in [-0.4, -0.2) is 23.1 Å². The number of unbranched alkanes of at least 4 members (excludes halogenated alkanes) is 3. The molecule has 0 unspecified atom stereocenters. The number of ether oxygens (including phenoxy) is 1. The summed E-state index contributed by atoms with van der Waals surface area (Å²) in [6.07, 6.45) is 7.17. The molecule has 0 aliphatic carbocycles. The highest BCUT2D eigenvalue weighted by Crippen LogP contribution is 2.20. The maximum atomic E-state index is 13.5. The Kier molecular flexibility index (Phi) is 6.97. The van der Waals surface area contributed by atoms with Gasteiger partial charge in [-0.1, -0.05) is 38.3 Å². The molecule has 0 atom stereocenters. The summed E-state index contributed by atoms with van der Waals surface area (Å²) in [5, 5.41) is 3.98. The van der Waals surface area contributed by atoms with Gasteiger partial charge in [-0.3, -0.25) is 0 Å². The quantitative estimate of drug-likeness (QED) is 0.489. The molecule has 0 saturated heterocycles. The summed E-state index contributed by atoms with van der Waals surface area (Å²) in [7, 11) is 0. The Morgan fingerprint density at radius 3 is 2.67 bits per heavy atom. The zero-order chi connectivity index (χ0) is 18.9. The summed E-state index contributed by atoms with van der Waals surface area (Å²) in [6, 6.07) is 12.7. The number of benzene rings is 2. The molecule has 3 rings (SSSR count).